The first-order valence-electron chi connectivity index (χ1n) is 7.44. The molecule has 2 aliphatic rings. The van der Waals surface area contributed by atoms with Gasteiger partial charge in [0.2, 0.25) is 5.91 Å². The Balaban J connectivity index is 0.00000176. The van der Waals surface area contributed by atoms with Crippen molar-refractivity contribution in [3.63, 3.8) is 0 Å². The molecule has 0 aromatic carbocycles. The lowest BCUT2D eigenvalue weighted by Gasteiger charge is -2.64. The molecule has 3 rings (SSSR count). The number of thiazole rings is 1. The van der Waals surface area contributed by atoms with Crippen molar-refractivity contribution in [3.05, 3.63) is 10.6 Å². The summed E-state index contributed by atoms with van der Waals surface area (Å²) in [6.07, 6.45) is 2.01. The van der Waals surface area contributed by atoms with E-state index in [0.717, 1.165) is 30.0 Å². The highest BCUT2D eigenvalue weighted by atomic mass is 35.5. The first kappa shape index (κ1) is 17.7. The Hall–Kier alpha value is -0.690. The number of ether oxygens (including phenoxy) is 1. The molecule has 0 radical (unpaired) electrons. The van der Waals surface area contributed by atoms with Gasteiger partial charge in [-0.25, -0.2) is 4.98 Å². The number of hydrogen-bond donors (Lipinski definition) is 2. The Kier molecular flexibility index (Phi) is 4.61. The number of aryl methyl sites for hydroxylation is 2. The molecule has 1 saturated carbocycles. The number of nitrogens with one attached hydrogen (secondary N) is 1. The largest absolute Gasteiger partial charge is 0.377 e. The quantitative estimate of drug-likeness (QED) is 0.863. The maximum atomic E-state index is 12.8. The molecule has 0 bridgehead atoms. The molecule has 1 saturated heterocycles. The van der Waals surface area contributed by atoms with Gasteiger partial charge in [0.1, 0.15) is 5.54 Å². The molecule has 3 atom stereocenters. The smallest absolute Gasteiger partial charge is 0.247 e. The molecule has 5 nitrogen and oxygen atoms in total. The van der Waals surface area contributed by atoms with Crippen molar-refractivity contribution in [1.29, 1.82) is 0 Å². The summed E-state index contributed by atoms with van der Waals surface area (Å²) < 4.78 is 5.84. The Morgan fingerprint density at radius 1 is 1.45 bits per heavy atom. The standard InChI is InChI=1S/C15H23N3O2S.ClH/c1-8-9(2)21-13(17-8)18-12(19)15(16)10-6-5-7-20-11(10)14(15,3)4;/h10-11H,5-7,16H2,1-4H3,(H,17,18,19);1H. The molecule has 2 fully saturated rings. The first-order valence-corrected chi connectivity index (χ1v) is 8.26. The number of nitrogens with two attached hydrogens (primary N) is 1. The summed E-state index contributed by atoms with van der Waals surface area (Å²) in [5, 5.41) is 3.56. The fourth-order valence-corrected chi connectivity index (χ4v) is 4.57. The van der Waals surface area contributed by atoms with Crippen LogP contribution in [0, 0.1) is 25.2 Å². The number of aromatic nitrogens is 1. The summed E-state index contributed by atoms with van der Waals surface area (Å²) in [5.74, 6) is -0.0311. The lowest BCUT2D eigenvalue weighted by molar-refractivity contribution is -0.222. The van der Waals surface area contributed by atoms with E-state index in [-0.39, 0.29) is 35.8 Å². The summed E-state index contributed by atoms with van der Waals surface area (Å²) in [5.41, 5.74) is 6.27. The van der Waals surface area contributed by atoms with E-state index >= 15 is 0 Å². The molecule has 1 amide bonds. The van der Waals surface area contributed by atoms with Gasteiger partial charge in [-0.3, -0.25) is 4.79 Å². The van der Waals surface area contributed by atoms with E-state index in [0.29, 0.717) is 5.13 Å². The number of carbonyl (C=O) groups is 1. The Bertz CT molecular complexity index is 570. The van der Waals surface area contributed by atoms with E-state index in [1.165, 1.54) is 11.3 Å². The number of carbonyl (C=O) groups excluding carboxylic acids is 1. The monoisotopic (exact) mass is 345 g/mol. The third kappa shape index (κ3) is 2.28. The van der Waals surface area contributed by atoms with Gasteiger partial charge >= 0.3 is 0 Å². The van der Waals surface area contributed by atoms with Crippen LogP contribution in [0.25, 0.3) is 0 Å². The number of amides is 1. The van der Waals surface area contributed by atoms with Crippen LogP contribution in [-0.4, -0.2) is 29.1 Å². The third-order valence-corrected chi connectivity index (χ3v) is 6.30. The molecule has 124 valence electrons. The van der Waals surface area contributed by atoms with Gasteiger partial charge in [0.15, 0.2) is 5.13 Å². The lowest BCUT2D eigenvalue weighted by atomic mass is 9.46. The van der Waals surface area contributed by atoms with Gasteiger partial charge in [-0.2, -0.15) is 0 Å². The van der Waals surface area contributed by atoms with Gasteiger partial charge in [0.05, 0.1) is 11.8 Å². The zero-order chi connectivity index (χ0) is 15.4. The molecule has 2 heterocycles. The molecule has 0 spiro atoms. The molecule has 1 aliphatic heterocycles. The summed E-state index contributed by atoms with van der Waals surface area (Å²) in [6, 6.07) is 0. The van der Waals surface area contributed by atoms with E-state index in [1.54, 1.807) is 0 Å². The molecule has 3 N–H and O–H groups in total. The summed E-state index contributed by atoms with van der Waals surface area (Å²) in [6.45, 7) is 8.76. The molecule has 1 aromatic heterocycles. The van der Waals surface area contributed by atoms with Crippen LogP contribution in [0.3, 0.4) is 0 Å². The van der Waals surface area contributed by atoms with Crippen LogP contribution in [0.15, 0.2) is 0 Å². The highest BCUT2D eigenvalue weighted by Gasteiger charge is 2.70. The van der Waals surface area contributed by atoms with Crippen molar-refractivity contribution in [3.8, 4) is 0 Å². The summed E-state index contributed by atoms with van der Waals surface area (Å²) in [4.78, 5) is 18.3. The summed E-state index contributed by atoms with van der Waals surface area (Å²) >= 11 is 1.49. The number of anilines is 1. The minimum Gasteiger partial charge on any atom is -0.377 e. The third-order valence-electron chi connectivity index (χ3n) is 5.31. The van der Waals surface area contributed by atoms with Crippen LogP contribution in [-0.2, 0) is 9.53 Å². The molecule has 1 aromatic rings. The number of nitrogens with zero attached hydrogens (tertiary/aromatic N) is 1. The topological polar surface area (TPSA) is 77.2 Å². The van der Waals surface area contributed by atoms with Crippen molar-refractivity contribution in [2.75, 3.05) is 11.9 Å². The second kappa shape index (κ2) is 5.74. The van der Waals surface area contributed by atoms with Crippen LogP contribution in [0.4, 0.5) is 5.13 Å². The lowest BCUT2D eigenvalue weighted by Crippen LogP contribution is -2.81. The van der Waals surface area contributed by atoms with E-state index in [2.05, 4.69) is 10.3 Å². The van der Waals surface area contributed by atoms with Gasteiger partial charge in [0, 0.05) is 22.8 Å². The Labute approximate surface area is 141 Å². The van der Waals surface area contributed by atoms with Crippen LogP contribution < -0.4 is 11.1 Å². The predicted octanol–water partition coefficient (Wildman–Crippen LogP) is 2.65. The van der Waals surface area contributed by atoms with Crippen LogP contribution in [0.5, 0.6) is 0 Å². The van der Waals surface area contributed by atoms with E-state index < -0.39 is 5.54 Å². The Morgan fingerprint density at radius 2 is 2.14 bits per heavy atom. The second-order valence-corrected chi connectivity index (χ2v) is 7.95. The molecular weight excluding hydrogens is 322 g/mol. The zero-order valence-electron chi connectivity index (χ0n) is 13.4. The van der Waals surface area contributed by atoms with Crippen molar-refractivity contribution >= 4 is 34.8 Å². The van der Waals surface area contributed by atoms with Crippen molar-refractivity contribution in [2.45, 2.75) is 52.2 Å². The van der Waals surface area contributed by atoms with Gasteiger partial charge in [-0.1, -0.05) is 13.8 Å². The van der Waals surface area contributed by atoms with Gasteiger partial charge in [-0.05, 0) is 26.7 Å². The Morgan fingerprint density at radius 3 is 2.73 bits per heavy atom. The molecule has 3 unspecified atom stereocenters. The average Bonchev–Trinajstić information content (AvgIpc) is 2.76. The average molecular weight is 346 g/mol. The highest BCUT2D eigenvalue weighted by Crippen LogP contribution is 2.57. The van der Waals surface area contributed by atoms with Crippen LogP contribution >= 0.6 is 23.7 Å². The van der Waals surface area contributed by atoms with Gasteiger partial charge in [0.25, 0.3) is 0 Å². The number of rotatable bonds is 2. The number of hydrogen-bond acceptors (Lipinski definition) is 5. The van der Waals surface area contributed by atoms with Gasteiger partial charge in [-0.15, -0.1) is 23.7 Å². The maximum absolute atomic E-state index is 12.8. The predicted molar refractivity (Wildman–Crippen MR) is 90.6 cm³/mol. The SMILES string of the molecule is Cc1nc(NC(=O)C2(N)C3CCCOC3C2(C)C)sc1C.Cl. The van der Waals surface area contributed by atoms with Gasteiger partial charge < -0.3 is 15.8 Å². The number of halogens is 1. The number of fused-ring (bicyclic) bond motifs is 1. The van der Waals surface area contributed by atoms with Crippen molar-refractivity contribution in [1.82, 2.24) is 4.98 Å². The molecular formula is C15H24ClN3O2S. The van der Waals surface area contributed by atoms with Crippen molar-refractivity contribution in [2.24, 2.45) is 17.1 Å². The molecule has 7 heteroatoms. The first-order chi connectivity index (χ1) is 9.78. The van der Waals surface area contributed by atoms with Crippen LogP contribution in [0.2, 0.25) is 0 Å². The normalized spacial score (nSPS) is 32.4. The summed E-state index contributed by atoms with van der Waals surface area (Å²) in [7, 11) is 0. The van der Waals surface area contributed by atoms with E-state index in [4.69, 9.17) is 10.5 Å². The second-order valence-electron chi connectivity index (χ2n) is 6.75. The fourth-order valence-electron chi connectivity index (χ4n) is 3.76. The minimum absolute atomic E-state index is 0. The fraction of sp³-hybridized carbons (Fsp3) is 0.733. The highest BCUT2D eigenvalue weighted by molar-refractivity contribution is 7.15. The molecule has 22 heavy (non-hydrogen) atoms. The molecule has 1 aliphatic carbocycles. The van der Waals surface area contributed by atoms with Crippen LogP contribution in [0.1, 0.15) is 37.3 Å². The minimum atomic E-state index is -0.883. The zero-order valence-corrected chi connectivity index (χ0v) is 15.1. The van der Waals surface area contributed by atoms with E-state index in [9.17, 15) is 4.79 Å². The maximum Gasteiger partial charge on any atom is 0.247 e. The van der Waals surface area contributed by atoms with Crippen molar-refractivity contribution < 1.29 is 9.53 Å². The van der Waals surface area contributed by atoms with E-state index in [1.807, 2.05) is 27.7 Å².